The molecule has 0 aromatic carbocycles. The molecule has 13 heavy (non-hydrogen) atoms. The molecule has 0 saturated heterocycles. The van der Waals surface area contributed by atoms with E-state index in [0.29, 0.717) is 0 Å². The van der Waals surface area contributed by atoms with Crippen LogP contribution < -0.4 is 0 Å². The minimum absolute atomic E-state index is 1.36. The van der Waals surface area contributed by atoms with Crippen molar-refractivity contribution in [2.75, 3.05) is 0 Å². The molecule has 0 aromatic rings. The van der Waals surface area contributed by atoms with Crippen LogP contribution in [0.15, 0.2) is 24.8 Å². The summed E-state index contributed by atoms with van der Waals surface area (Å²) in [7, 11) is 0. The van der Waals surface area contributed by atoms with Gasteiger partial charge in [0.2, 0.25) is 0 Å². The summed E-state index contributed by atoms with van der Waals surface area (Å²) in [5.74, 6) is 0. The molecule has 0 saturated carbocycles. The standard InChI is InChI=1S/C8H18.C5H8/c1-3-5-7-8-6-4-2;1-3-5-4-2/h3-8H2,1-2H3;3-5H,1H2,2H3. The van der Waals surface area contributed by atoms with E-state index in [2.05, 4.69) is 20.4 Å². The molecule has 0 atom stereocenters. The first-order chi connectivity index (χ1) is 6.33. The van der Waals surface area contributed by atoms with Gasteiger partial charge in [-0.25, -0.2) is 0 Å². The molecule has 0 heterocycles. The van der Waals surface area contributed by atoms with Gasteiger partial charge in [0.05, 0.1) is 0 Å². The summed E-state index contributed by atoms with van der Waals surface area (Å²) < 4.78 is 0. The van der Waals surface area contributed by atoms with Crippen molar-refractivity contribution in [2.45, 2.75) is 59.3 Å². The number of hydrogen-bond donors (Lipinski definition) is 0. The molecule has 0 aromatic heterocycles. The zero-order chi connectivity index (χ0) is 10.4. The van der Waals surface area contributed by atoms with Gasteiger partial charge in [0.25, 0.3) is 0 Å². The third-order valence-electron chi connectivity index (χ3n) is 1.79. The Morgan fingerprint density at radius 3 is 1.54 bits per heavy atom. The summed E-state index contributed by atoms with van der Waals surface area (Å²) in [6, 6.07) is 0. The molecule has 0 radical (unpaired) electrons. The van der Waals surface area contributed by atoms with Gasteiger partial charge < -0.3 is 0 Å². The number of allylic oxidation sites excluding steroid dienone is 3. The SMILES string of the molecule is C=CC=CC.CCCCCCCC. The quantitative estimate of drug-likeness (QED) is 0.395. The first-order valence-electron chi connectivity index (χ1n) is 5.57. The number of unbranched alkanes of at least 4 members (excludes halogenated alkanes) is 5. The van der Waals surface area contributed by atoms with Gasteiger partial charge in [0.15, 0.2) is 0 Å². The van der Waals surface area contributed by atoms with Gasteiger partial charge in [-0.15, -0.1) is 0 Å². The summed E-state index contributed by atoms with van der Waals surface area (Å²) in [6.45, 7) is 9.94. The van der Waals surface area contributed by atoms with Crippen molar-refractivity contribution in [3.63, 3.8) is 0 Å². The first-order valence-corrected chi connectivity index (χ1v) is 5.57. The maximum Gasteiger partial charge on any atom is -0.0467 e. The zero-order valence-corrected chi connectivity index (χ0v) is 9.68. The predicted molar refractivity (Wildman–Crippen MR) is 64.1 cm³/mol. The molecule has 0 aliphatic carbocycles. The zero-order valence-electron chi connectivity index (χ0n) is 9.68. The third-order valence-corrected chi connectivity index (χ3v) is 1.79. The molecular weight excluding hydrogens is 156 g/mol. The van der Waals surface area contributed by atoms with Crippen LogP contribution in [0.25, 0.3) is 0 Å². The van der Waals surface area contributed by atoms with Crippen molar-refractivity contribution in [1.29, 1.82) is 0 Å². The molecule has 0 aliphatic rings. The van der Waals surface area contributed by atoms with E-state index in [1.165, 1.54) is 38.5 Å². The highest BCUT2D eigenvalue weighted by Gasteiger charge is 1.83. The lowest BCUT2D eigenvalue weighted by Crippen LogP contribution is -1.73. The van der Waals surface area contributed by atoms with Crippen molar-refractivity contribution in [3.8, 4) is 0 Å². The Bertz CT molecular complexity index is 94.6. The highest BCUT2D eigenvalue weighted by atomic mass is 13.9. The van der Waals surface area contributed by atoms with Gasteiger partial charge in [-0.05, 0) is 6.92 Å². The van der Waals surface area contributed by atoms with E-state index in [4.69, 9.17) is 0 Å². The number of rotatable bonds is 6. The third kappa shape index (κ3) is 24.6. The maximum atomic E-state index is 3.46. The molecule has 0 unspecified atom stereocenters. The van der Waals surface area contributed by atoms with Crippen molar-refractivity contribution in [1.82, 2.24) is 0 Å². The Labute approximate surface area is 84.7 Å². The maximum absolute atomic E-state index is 3.46. The van der Waals surface area contributed by atoms with Gasteiger partial charge in [-0.3, -0.25) is 0 Å². The molecule has 0 heteroatoms. The van der Waals surface area contributed by atoms with E-state index in [0.717, 1.165) is 0 Å². The minimum atomic E-state index is 1.36. The van der Waals surface area contributed by atoms with Gasteiger partial charge in [0, 0.05) is 0 Å². The Hall–Kier alpha value is -0.520. The highest BCUT2D eigenvalue weighted by Crippen LogP contribution is 2.03. The van der Waals surface area contributed by atoms with Crippen molar-refractivity contribution in [3.05, 3.63) is 24.8 Å². The topological polar surface area (TPSA) is 0 Å². The Morgan fingerprint density at radius 2 is 1.38 bits per heavy atom. The van der Waals surface area contributed by atoms with Crippen LogP contribution in [0.4, 0.5) is 0 Å². The van der Waals surface area contributed by atoms with Crippen LogP contribution in [0, 0.1) is 0 Å². The largest absolute Gasteiger partial charge is 0.0991 e. The van der Waals surface area contributed by atoms with Gasteiger partial charge >= 0.3 is 0 Å². The predicted octanol–water partition coefficient (Wildman–Crippen LogP) is 5.12. The molecule has 0 rings (SSSR count). The van der Waals surface area contributed by atoms with Crippen molar-refractivity contribution in [2.24, 2.45) is 0 Å². The van der Waals surface area contributed by atoms with Crippen molar-refractivity contribution >= 4 is 0 Å². The van der Waals surface area contributed by atoms with Crippen LogP contribution >= 0.6 is 0 Å². The van der Waals surface area contributed by atoms with Crippen LogP contribution in [-0.2, 0) is 0 Å². The van der Waals surface area contributed by atoms with Crippen LogP contribution in [0.2, 0.25) is 0 Å². The van der Waals surface area contributed by atoms with E-state index >= 15 is 0 Å². The Kier molecular flexibility index (Phi) is 20.2. The molecule has 0 fully saturated rings. The fourth-order valence-corrected chi connectivity index (χ4v) is 0.990. The fraction of sp³-hybridized carbons (Fsp3) is 0.692. The van der Waals surface area contributed by atoms with E-state index in [-0.39, 0.29) is 0 Å². The minimum Gasteiger partial charge on any atom is -0.0991 e. The fourth-order valence-electron chi connectivity index (χ4n) is 0.990. The Balaban J connectivity index is 0. The molecule has 0 amide bonds. The smallest absolute Gasteiger partial charge is 0.0467 e. The summed E-state index contributed by atoms with van der Waals surface area (Å²) >= 11 is 0. The van der Waals surface area contributed by atoms with Crippen LogP contribution in [-0.4, -0.2) is 0 Å². The van der Waals surface area contributed by atoms with E-state index in [1.807, 2.05) is 19.1 Å². The van der Waals surface area contributed by atoms with Crippen LogP contribution in [0.3, 0.4) is 0 Å². The lowest BCUT2D eigenvalue weighted by atomic mass is 10.1. The molecule has 0 N–H and O–H groups in total. The normalized spacial score (nSPS) is 9.46. The molecular formula is C13H26. The highest BCUT2D eigenvalue weighted by molar-refractivity contribution is 4.94. The number of hydrogen-bond acceptors (Lipinski definition) is 0. The molecule has 0 spiro atoms. The molecule has 0 nitrogen and oxygen atoms in total. The van der Waals surface area contributed by atoms with Crippen LogP contribution in [0.5, 0.6) is 0 Å². The van der Waals surface area contributed by atoms with Gasteiger partial charge in [0.1, 0.15) is 0 Å². The summed E-state index contributed by atoms with van der Waals surface area (Å²) in [4.78, 5) is 0. The second-order valence-electron chi connectivity index (χ2n) is 3.18. The molecule has 78 valence electrons. The molecule has 0 aliphatic heterocycles. The lowest BCUT2D eigenvalue weighted by molar-refractivity contribution is 0.624. The summed E-state index contributed by atoms with van der Waals surface area (Å²) in [6.07, 6.45) is 14.1. The summed E-state index contributed by atoms with van der Waals surface area (Å²) in [5, 5.41) is 0. The van der Waals surface area contributed by atoms with Gasteiger partial charge in [-0.1, -0.05) is 77.2 Å². The summed E-state index contributed by atoms with van der Waals surface area (Å²) in [5.41, 5.74) is 0. The average molecular weight is 182 g/mol. The second-order valence-corrected chi connectivity index (χ2v) is 3.18. The van der Waals surface area contributed by atoms with Crippen LogP contribution in [0.1, 0.15) is 59.3 Å². The molecule has 0 bridgehead atoms. The Morgan fingerprint density at radius 1 is 0.923 bits per heavy atom. The monoisotopic (exact) mass is 182 g/mol. The van der Waals surface area contributed by atoms with Crippen molar-refractivity contribution < 1.29 is 0 Å². The average Bonchev–Trinajstić information content (AvgIpc) is 2.15. The second kappa shape index (κ2) is 17.5. The van der Waals surface area contributed by atoms with E-state index < -0.39 is 0 Å². The van der Waals surface area contributed by atoms with E-state index in [1.54, 1.807) is 6.08 Å². The van der Waals surface area contributed by atoms with Gasteiger partial charge in [-0.2, -0.15) is 0 Å². The lowest BCUT2D eigenvalue weighted by Gasteiger charge is -1.93. The van der Waals surface area contributed by atoms with E-state index in [9.17, 15) is 0 Å². The first kappa shape index (κ1) is 15.0.